The molecule has 2 aliphatic carbocycles. The molecule has 0 bridgehead atoms. The third-order valence-electron chi connectivity index (χ3n) is 5.64. The van der Waals surface area contributed by atoms with Crippen molar-refractivity contribution in [1.29, 1.82) is 0 Å². The molecule has 2 aliphatic heterocycles. The predicted molar refractivity (Wildman–Crippen MR) is 85.5 cm³/mol. The van der Waals surface area contributed by atoms with Gasteiger partial charge in [0, 0.05) is 17.6 Å². The number of allylic oxidation sites excluding steroid dienone is 1. The second-order valence-electron chi connectivity index (χ2n) is 7.72. The van der Waals surface area contributed by atoms with E-state index >= 15 is 0 Å². The van der Waals surface area contributed by atoms with Gasteiger partial charge in [0.05, 0.1) is 11.8 Å². The fourth-order valence-electron chi connectivity index (χ4n) is 4.46. The summed E-state index contributed by atoms with van der Waals surface area (Å²) in [5, 5.41) is 0. The first-order chi connectivity index (χ1) is 11.4. The van der Waals surface area contributed by atoms with Gasteiger partial charge in [-0.25, -0.2) is 9.59 Å². The maximum Gasteiger partial charge on any atom is 0.338 e. The molecule has 0 N–H and O–H groups in total. The molecule has 2 heterocycles. The summed E-state index contributed by atoms with van der Waals surface area (Å²) >= 11 is 0. The van der Waals surface area contributed by atoms with Crippen molar-refractivity contribution in [1.82, 2.24) is 0 Å². The minimum Gasteiger partial charge on any atom is -0.458 e. The van der Waals surface area contributed by atoms with Gasteiger partial charge in [-0.3, -0.25) is 0 Å². The summed E-state index contributed by atoms with van der Waals surface area (Å²) in [5.74, 6) is -0.671. The van der Waals surface area contributed by atoms with Gasteiger partial charge in [0.15, 0.2) is 0 Å². The third kappa shape index (κ3) is 2.29. The van der Waals surface area contributed by atoms with Crippen molar-refractivity contribution in [2.75, 3.05) is 0 Å². The average Bonchev–Trinajstić information content (AvgIpc) is 3.10. The lowest BCUT2D eigenvalue weighted by molar-refractivity contribution is -0.152. The number of fused-ring (bicyclic) bond motifs is 2. The van der Waals surface area contributed by atoms with E-state index in [1.54, 1.807) is 13.0 Å². The summed E-state index contributed by atoms with van der Waals surface area (Å²) in [6, 6.07) is 0. The number of hydrogen-bond acceptors (Lipinski definition) is 5. The molecular weight excluding hydrogens is 308 g/mol. The van der Waals surface area contributed by atoms with Gasteiger partial charge in [0.1, 0.15) is 6.10 Å². The van der Waals surface area contributed by atoms with E-state index < -0.39 is 6.29 Å². The van der Waals surface area contributed by atoms with Gasteiger partial charge in [0.25, 0.3) is 6.29 Å². The largest absolute Gasteiger partial charge is 0.458 e. The second-order valence-corrected chi connectivity index (χ2v) is 7.72. The third-order valence-corrected chi connectivity index (χ3v) is 5.64. The highest BCUT2D eigenvalue weighted by atomic mass is 16.7. The molecule has 5 nitrogen and oxygen atoms in total. The van der Waals surface area contributed by atoms with E-state index in [9.17, 15) is 9.59 Å². The van der Waals surface area contributed by atoms with Gasteiger partial charge in [-0.1, -0.05) is 19.4 Å². The molecule has 0 amide bonds. The number of esters is 2. The number of rotatable bonds is 2. The minimum atomic E-state index is -0.753. The zero-order valence-electron chi connectivity index (χ0n) is 14.3. The van der Waals surface area contributed by atoms with Gasteiger partial charge in [-0.2, -0.15) is 0 Å². The Hall–Kier alpha value is -2.04. The van der Waals surface area contributed by atoms with E-state index in [0.717, 1.165) is 19.3 Å². The summed E-state index contributed by atoms with van der Waals surface area (Å²) in [6.45, 7) is 6.15. The quantitative estimate of drug-likeness (QED) is 0.337. The van der Waals surface area contributed by atoms with Crippen LogP contribution in [0.25, 0.3) is 0 Å². The molecule has 4 aliphatic rings. The Bertz CT molecular complexity index is 709. The van der Waals surface area contributed by atoms with Gasteiger partial charge in [-0.05, 0) is 43.6 Å². The van der Waals surface area contributed by atoms with Crippen LogP contribution in [0.1, 0.15) is 46.5 Å². The van der Waals surface area contributed by atoms with Gasteiger partial charge < -0.3 is 14.2 Å². The molecule has 0 aromatic heterocycles. The summed E-state index contributed by atoms with van der Waals surface area (Å²) in [7, 11) is 0. The molecule has 128 valence electrons. The topological polar surface area (TPSA) is 61.8 Å². The lowest BCUT2D eigenvalue weighted by Gasteiger charge is -2.34. The van der Waals surface area contributed by atoms with Gasteiger partial charge >= 0.3 is 11.9 Å². The smallest absolute Gasteiger partial charge is 0.338 e. The monoisotopic (exact) mass is 330 g/mol. The molecular formula is C19H22O5. The number of ether oxygens (including phenoxy) is 3. The minimum absolute atomic E-state index is 0.0297. The van der Waals surface area contributed by atoms with Crippen LogP contribution in [0.2, 0.25) is 0 Å². The van der Waals surface area contributed by atoms with Crippen molar-refractivity contribution in [3.05, 3.63) is 34.6 Å². The molecule has 24 heavy (non-hydrogen) atoms. The maximum atomic E-state index is 12.3. The standard InChI is InChI=1S/C19H22O5/c1-10-7-14(23-17(10)20)22-9-13-12-8-11-5-4-6-19(2,3)15(11)16(12)24-18(13)21/h7,9,12,14,16H,4-6,8H2,1-3H3/b13-9+/t12-,14?,16?/m1/s1. The summed E-state index contributed by atoms with van der Waals surface area (Å²) in [5.41, 5.74) is 3.93. The van der Waals surface area contributed by atoms with Crippen molar-refractivity contribution in [2.45, 2.75) is 58.8 Å². The molecule has 5 heteroatoms. The van der Waals surface area contributed by atoms with Crippen LogP contribution in [-0.2, 0) is 23.8 Å². The molecule has 0 saturated carbocycles. The summed E-state index contributed by atoms with van der Waals surface area (Å²) < 4.78 is 16.2. The molecule has 3 atom stereocenters. The van der Waals surface area contributed by atoms with Gasteiger partial charge in [-0.15, -0.1) is 0 Å². The highest BCUT2D eigenvalue weighted by Crippen LogP contribution is 2.54. The normalized spacial score (nSPS) is 35.5. The predicted octanol–water partition coefficient (Wildman–Crippen LogP) is 3.17. The maximum absolute atomic E-state index is 12.3. The van der Waals surface area contributed by atoms with Crippen molar-refractivity contribution in [3.8, 4) is 0 Å². The Labute approximate surface area is 141 Å². The van der Waals surface area contributed by atoms with Crippen LogP contribution < -0.4 is 0 Å². The van der Waals surface area contributed by atoms with E-state index in [4.69, 9.17) is 14.2 Å². The molecule has 0 spiro atoms. The molecule has 4 rings (SSSR count). The van der Waals surface area contributed by atoms with Crippen LogP contribution in [-0.4, -0.2) is 24.3 Å². The van der Waals surface area contributed by atoms with Crippen LogP contribution in [0.5, 0.6) is 0 Å². The van der Waals surface area contributed by atoms with Crippen LogP contribution in [0.3, 0.4) is 0 Å². The Morgan fingerprint density at radius 2 is 2.04 bits per heavy atom. The average molecular weight is 330 g/mol. The molecule has 0 aromatic carbocycles. The lowest BCUT2D eigenvalue weighted by Crippen LogP contribution is -2.27. The van der Waals surface area contributed by atoms with Crippen LogP contribution in [0.4, 0.5) is 0 Å². The first kappa shape index (κ1) is 15.5. The fourth-order valence-corrected chi connectivity index (χ4v) is 4.46. The van der Waals surface area contributed by atoms with Gasteiger partial charge in [0.2, 0.25) is 0 Å². The molecule has 2 unspecified atom stereocenters. The van der Waals surface area contributed by atoms with E-state index in [1.165, 1.54) is 23.8 Å². The zero-order valence-corrected chi connectivity index (χ0v) is 14.3. The Morgan fingerprint density at radius 1 is 1.25 bits per heavy atom. The van der Waals surface area contributed by atoms with E-state index in [2.05, 4.69) is 13.8 Å². The first-order valence-corrected chi connectivity index (χ1v) is 8.55. The molecule has 0 aromatic rings. The van der Waals surface area contributed by atoms with Crippen molar-refractivity contribution >= 4 is 11.9 Å². The Kier molecular flexibility index (Phi) is 3.37. The van der Waals surface area contributed by atoms with E-state index in [1.807, 2.05) is 0 Å². The fraction of sp³-hybridized carbons (Fsp3) is 0.579. The first-order valence-electron chi connectivity index (χ1n) is 8.55. The number of hydrogen-bond donors (Lipinski definition) is 0. The number of carbonyl (C=O) groups excluding carboxylic acids is 2. The lowest BCUT2D eigenvalue weighted by atomic mass is 9.72. The summed E-state index contributed by atoms with van der Waals surface area (Å²) in [4.78, 5) is 23.7. The Morgan fingerprint density at radius 3 is 2.75 bits per heavy atom. The van der Waals surface area contributed by atoms with Crippen molar-refractivity contribution < 1.29 is 23.8 Å². The SMILES string of the molecule is CC1=CC(O/C=C2/C(=O)OC3C4=C(CCCC4(C)C)C[C@H]23)OC1=O. The second kappa shape index (κ2) is 5.23. The molecule has 0 radical (unpaired) electrons. The van der Waals surface area contributed by atoms with Crippen molar-refractivity contribution in [2.24, 2.45) is 11.3 Å². The summed E-state index contributed by atoms with van der Waals surface area (Å²) in [6.07, 6.45) is 6.42. The highest BCUT2D eigenvalue weighted by Gasteiger charge is 2.52. The van der Waals surface area contributed by atoms with Crippen LogP contribution in [0, 0.1) is 11.3 Å². The van der Waals surface area contributed by atoms with Crippen LogP contribution >= 0.6 is 0 Å². The zero-order chi connectivity index (χ0) is 17.1. The van der Waals surface area contributed by atoms with E-state index in [-0.39, 0.29) is 29.4 Å². The molecule has 1 fully saturated rings. The number of cyclic esters (lactones) is 1. The van der Waals surface area contributed by atoms with E-state index in [0.29, 0.717) is 11.1 Å². The van der Waals surface area contributed by atoms with Crippen molar-refractivity contribution in [3.63, 3.8) is 0 Å². The Balaban J connectivity index is 1.55. The highest BCUT2D eigenvalue weighted by molar-refractivity contribution is 5.92. The molecule has 1 saturated heterocycles. The number of carbonyl (C=O) groups is 2. The van der Waals surface area contributed by atoms with Crippen LogP contribution in [0.15, 0.2) is 34.6 Å².